The summed E-state index contributed by atoms with van der Waals surface area (Å²) in [6.45, 7) is 0. The molecule has 5 heteroatoms. The summed E-state index contributed by atoms with van der Waals surface area (Å²) in [5, 5.41) is 8.98. The molecule has 0 spiro atoms. The van der Waals surface area contributed by atoms with Crippen LogP contribution in [0.5, 0.6) is 0 Å². The van der Waals surface area contributed by atoms with E-state index in [-0.39, 0.29) is 5.69 Å². The third kappa shape index (κ3) is 1.92. The third-order valence-corrected chi connectivity index (χ3v) is 2.36. The van der Waals surface area contributed by atoms with Gasteiger partial charge in [-0.3, -0.25) is 4.98 Å². The Hall–Kier alpha value is -1.62. The molecule has 0 unspecified atom stereocenters. The number of halogens is 1. The Bertz CT molecular complexity index is 493. The quantitative estimate of drug-likeness (QED) is 0.908. The monoisotopic (exact) mass is 266 g/mol. The number of carbonyl (C=O) groups is 1. The molecule has 0 amide bonds. The summed E-state index contributed by atoms with van der Waals surface area (Å²) in [5.41, 5.74) is 0.926. The molecule has 0 aromatic carbocycles. The second-order valence-corrected chi connectivity index (χ2v) is 3.85. The largest absolute Gasteiger partial charge is 0.477 e. The van der Waals surface area contributed by atoms with E-state index in [0.717, 1.165) is 10.2 Å². The van der Waals surface area contributed by atoms with Crippen molar-refractivity contribution in [2.75, 3.05) is 0 Å². The maximum absolute atomic E-state index is 10.9. The molecule has 2 aromatic heterocycles. The van der Waals surface area contributed by atoms with E-state index < -0.39 is 5.97 Å². The van der Waals surface area contributed by atoms with Gasteiger partial charge >= 0.3 is 5.97 Å². The third-order valence-electron chi connectivity index (χ3n) is 1.93. The number of rotatable bonds is 2. The zero-order valence-electron chi connectivity index (χ0n) is 7.59. The molecule has 0 bridgehead atoms. The first-order valence-electron chi connectivity index (χ1n) is 4.20. The molecule has 0 atom stereocenters. The molecular formula is C10H7BrN2O2. The fourth-order valence-electron chi connectivity index (χ4n) is 1.30. The molecule has 2 heterocycles. The van der Waals surface area contributed by atoms with Gasteiger partial charge in [0.05, 0.1) is 11.9 Å². The van der Waals surface area contributed by atoms with Crippen LogP contribution >= 0.6 is 15.9 Å². The van der Waals surface area contributed by atoms with Crippen molar-refractivity contribution in [3.63, 3.8) is 0 Å². The number of nitrogens with zero attached hydrogens (tertiary/aromatic N) is 2. The summed E-state index contributed by atoms with van der Waals surface area (Å²) in [5.74, 6) is -0.968. The highest BCUT2D eigenvalue weighted by atomic mass is 79.9. The van der Waals surface area contributed by atoms with Crippen molar-refractivity contribution in [2.45, 2.75) is 0 Å². The Morgan fingerprint density at radius 1 is 1.53 bits per heavy atom. The number of pyridine rings is 1. The minimum absolute atomic E-state index is 0.204. The van der Waals surface area contributed by atoms with Crippen molar-refractivity contribution in [3.8, 4) is 5.69 Å². The Kier molecular flexibility index (Phi) is 2.55. The van der Waals surface area contributed by atoms with Crippen LogP contribution in [0.3, 0.4) is 0 Å². The molecule has 76 valence electrons. The van der Waals surface area contributed by atoms with Crippen LogP contribution in [0, 0.1) is 0 Å². The summed E-state index contributed by atoms with van der Waals surface area (Å²) in [4.78, 5) is 14.9. The van der Waals surface area contributed by atoms with E-state index in [2.05, 4.69) is 20.9 Å². The molecule has 0 radical (unpaired) electrons. The van der Waals surface area contributed by atoms with Gasteiger partial charge in [-0.15, -0.1) is 0 Å². The van der Waals surface area contributed by atoms with Gasteiger partial charge in [-0.25, -0.2) is 4.79 Å². The fourth-order valence-corrected chi connectivity index (χ4v) is 1.73. The Balaban J connectivity index is 2.58. The van der Waals surface area contributed by atoms with Crippen LogP contribution in [-0.2, 0) is 0 Å². The van der Waals surface area contributed by atoms with E-state index in [0.29, 0.717) is 0 Å². The van der Waals surface area contributed by atoms with E-state index in [9.17, 15) is 4.79 Å². The first-order chi connectivity index (χ1) is 7.18. The predicted molar refractivity (Wildman–Crippen MR) is 58.2 cm³/mol. The predicted octanol–water partition coefficient (Wildman–Crippen LogP) is 2.33. The zero-order chi connectivity index (χ0) is 10.8. The number of hydrogen-bond acceptors (Lipinski definition) is 2. The van der Waals surface area contributed by atoms with E-state index >= 15 is 0 Å². The molecule has 0 fully saturated rings. The number of carboxylic acid groups (broad SMARTS) is 1. The van der Waals surface area contributed by atoms with Gasteiger partial charge in [0, 0.05) is 16.9 Å². The van der Waals surface area contributed by atoms with Gasteiger partial charge in [0.25, 0.3) is 0 Å². The smallest absolute Gasteiger partial charge is 0.352 e. The Morgan fingerprint density at radius 3 is 2.93 bits per heavy atom. The summed E-state index contributed by atoms with van der Waals surface area (Å²) < 4.78 is 2.29. The SMILES string of the molecule is O=C(O)c1cc(Br)cn1-c1cccnc1. The van der Waals surface area contributed by atoms with Crippen molar-refractivity contribution < 1.29 is 9.90 Å². The van der Waals surface area contributed by atoms with Crippen LogP contribution in [0.2, 0.25) is 0 Å². The van der Waals surface area contributed by atoms with Gasteiger partial charge in [-0.05, 0) is 34.1 Å². The highest BCUT2D eigenvalue weighted by Gasteiger charge is 2.12. The molecule has 2 aromatic rings. The van der Waals surface area contributed by atoms with Gasteiger partial charge in [0.15, 0.2) is 0 Å². The summed E-state index contributed by atoms with van der Waals surface area (Å²) in [6.07, 6.45) is 4.95. The van der Waals surface area contributed by atoms with Crippen molar-refractivity contribution in [1.82, 2.24) is 9.55 Å². The number of hydrogen-bond donors (Lipinski definition) is 1. The molecule has 1 N–H and O–H groups in total. The molecule has 0 aliphatic heterocycles. The van der Waals surface area contributed by atoms with Crippen LogP contribution in [-0.4, -0.2) is 20.6 Å². The van der Waals surface area contributed by atoms with Crippen molar-refractivity contribution in [1.29, 1.82) is 0 Å². The average Bonchev–Trinajstić information content (AvgIpc) is 2.62. The minimum Gasteiger partial charge on any atom is -0.477 e. The highest BCUT2D eigenvalue weighted by Crippen LogP contribution is 2.19. The van der Waals surface area contributed by atoms with E-state index in [1.165, 1.54) is 0 Å². The van der Waals surface area contributed by atoms with Crippen LogP contribution < -0.4 is 0 Å². The Labute approximate surface area is 94.3 Å². The van der Waals surface area contributed by atoms with Gasteiger partial charge in [0.1, 0.15) is 5.69 Å². The van der Waals surface area contributed by atoms with Gasteiger partial charge in [-0.1, -0.05) is 0 Å². The average molecular weight is 267 g/mol. The molecular weight excluding hydrogens is 260 g/mol. The molecule has 0 aliphatic rings. The number of aromatic carboxylic acids is 1. The van der Waals surface area contributed by atoms with E-state index in [4.69, 9.17) is 5.11 Å². The normalized spacial score (nSPS) is 10.2. The number of aromatic nitrogens is 2. The van der Waals surface area contributed by atoms with Crippen LogP contribution in [0.25, 0.3) is 5.69 Å². The Morgan fingerprint density at radius 2 is 2.33 bits per heavy atom. The number of carboxylic acids is 1. The van der Waals surface area contributed by atoms with Crippen LogP contribution in [0.15, 0.2) is 41.3 Å². The van der Waals surface area contributed by atoms with Gasteiger partial charge in [-0.2, -0.15) is 0 Å². The molecule has 0 saturated heterocycles. The van der Waals surface area contributed by atoms with Gasteiger partial charge in [0.2, 0.25) is 0 Å². The molecule has 2 rings (SSSR count). The standard InChI is InChI=1S/C10H7BrN2O2/c11-7-4-9(10(14)15)13(6-7)8-2-1-3-12-5-8/h1-6H,(H,14,15). The molecule has 0 aliphatic carbocycles. The lowest BCUT2D eigenvalue weighted by atomic mass is 10.4. The molecule has 0 saturated carbocycles. The fraction of sp³-hybridized carbons (Fsp3) is 0. The van der Waals surface area contributed by atoms with Crippen molar-refractivity contribution in [2.24, 2.45) is 0 Å². The second kappa shape index (κ2) is 3.86. The summed E-state index contributed by atoms with van der Waals surface area (Å²) in [6, 6.07) is 5.11. The topological polar surface area (TPSA) is 55.1 Å². The maximum Gasteiger partial charge on any atom is 0.352 e. The highest BCUT2D eigenvalue weighted by molar-refractivity contribution is 9.10. The molecule has 4 nitrogen and oxygen atoms in total. The first kappa shape index (κ1) is 9.92. The minimum atomic E-state index is -0.968. The van der Waals surface area contributed by atoms with Crippen LogP contribution in [0.1, 0.15) is 10.5 Å². The van der Waals surface area contributed by atoms with E-state index in [1.807, 2.05) is 0 Å². The maximum atomic E-state index is 10.9. The van der Waals surface area contributed by atoms with E-state index in [1.54, 1.807) is 41.4 Å². The molecule has 15 heavy (non-hydrogen) atoms. The summed E-state index contributed by atoms with van der Waals surface area (Å²) >= 11 is 3.24. The lowest BCUT2D eigenvalue weighted by Crippen LogP contribution is -2.05. The van der Waals surface area contributed by atoms with Crippen LogP contribution in [0.4, 0.5) is 0 Å². The lowest BCUT2D eigenvalue weighted by Gasteiger charge is -2.04. The van der Waals surface area contributed by atoms with Crippen molar-refractivity contribution in [3.05, 3.63) is 47.0 Å². The lowest BCUT2D eigenvalue weighted by molar-refractivity contribution is 0.0688. The first-order valence-corrected chi connectivity index (χ1v) is 4.99. The second-order valence-electron chi connectivity index (χ2n) is 2.93. The summed E-state index contributed by atoms with van der Waals surface area (Å²) in [7, 11) is 0. The van der Waals surface area contributed by atoms with Gasteiger partial charge < -0.3 is 9.67 Å². The zero-order valence-corrected chi connectivity index (χ0v) is 9.18. The van der Waals surface area contributed by atoms with Crippen molar-refractivity contribution >= 4 is 21.9 Å².